The summed E-state index contributed by atoms with van der Waals surface area (Å²) in [7, 11) is 0. The Kier molecular flexibility index (Phi) is 3.69. The highest BCUT2D eigenvalue weighted by atomic mass is 32.1. The number of fused-ring (bicyclic) bond motifs is 3. The van der Waals surface area contributed by atoms with Gasteiger partial charge in [-0.05, 0) is 44.2 Å². The summed E-state index contributed by atoms with van der Waals surface area (Å²) in [5.74, 6) is 1.29. The molecule has 0 spiro atoms. The summed E-state index contributed by atoms with van der Waals surface area (Å²) in [6.45, 7) is 4.18. The van der Waals surface area contributed by atoms with E-state index >= 15 is 0 Å². The fraction of sp³-hybridized carbons (Fsp3) is 0.158. The van der Waals surface area contributed by atoms with E-state index in [-0.39, 0.29) is 11.5 Å². The van der Waals surface area contributed by atoms with E-state index in [9.17, 15) is 9.59 Å². The van der Waals surface area contributed by atoms with Crippen LogP contribution < -0.4 is 10.9 Å². The highest BCUT2D eigenvalue weighted by molar-refractivity contribution is 7.21. The number of aromatic amines is 1. The van der Waals surface area contributed by atoms with E-state index in [2.05, 4.69) is 10.3 Å². The molecule has 25 heavy (non-hydrogen) atoms. The average molecular weight is 352 g/mol. The zero-order valence-corrected chi connectivity index (χ0v) is 14.6. The predicted molar refractivity (Wildman–Crippen MR) is 99.3 cm³/mol. The summed E-state index contributed by atoms with van der Waals surface area (Å²) >= 11 is 1.34. The van der Waals surface area contributed by atoms with Crippen LogP contribution >= 0.6 is 11.3 Å². The Morgan fingerprint density at radius 1 is 1.16 bits per heavy atom. The van der Waals surface area contributed by atoms with Gasteiger partial charge in [-0.3, -0.25) is 9.59 Å². The third-order valence-electron chi connectivity index (χ3n) is 4.09. The van der Waals surface area contributed by atoms with Crippen LogP contribution in [0.5, 0.6) is 0 Å². The molecule has 4 aromatic rings. The van der Waals surface area contributed by atoms with Gasteiger partial charge in [0.1, 0.15) is 11.5 Å². The summed E-state index contributed by atoms with van der Waals surface area (Å²) in [5.41, 5.74) is 1.71. The minimum absolute atomic E-state index is 0.177. The van der Waals surface area contributed by atoms with Crippen LogP contribution in [0.2, 0.25) is 0 Å². The second-order valence-corrected chi connectivity index (χ2v) is 7.10. The van der Waals surface area contributed by atoms with E-state index in [1.54, 1.807) is 6.07 Å². The number of aryl methyl sites for hydroxylation is 2. The monoisotopic (exact) mass is 352 g/mol. The van der Waals surface area contributed by atoms with Gasteiger partial charge in [-0.2, -0.15) is 0 Å². The number of rotatable bonds is 3. The van der Waals surface area contributed by atoms with Gasteiger partial charge in [-0.15, -0.1) is 11.3 Å². The first-order valence-electron chi connectivity index (χ1n) is 7.91. The quantitative estimate of drug-likeness (QED) is 0.587. The Bertz CT molecular complexity index is 1170. The predicted octanol–water partition coefficient (Wildman–Crippen LogP) is 3.88. The fourth-order valence-electron chi connectivity index (χ4n) is 2.85. The van der Waals surface area contributed by atoms with Crippen LogP contribution in [0, 0.1) is 13.8 Å². The molecule has 2 N–H and O–H groups in total. The molecule has 1 amide bonds. The summed E-state index contributed by atoms with van der Waals surface area (Å²) < 4.78 is 6.29. The molecule has 0 saturated carbocycles. The van der Waals surface area contributed by atoms with Crippen molar-refractivity contribution in [1.82, 2.24) is 10.3 Å². The molecule has 0 aliphatic rings. The fourth-order valence-corrected chi connectivity index (χ4v) is 3.95. The number of amides is 1. The smallest absolute Gasteiger partial charge is 0.261 e. The molecular weight excluding hydrogens is 336 g/mol. The molecule has 0 aliphatic carbocycles. The summed E-state index contributed by atoms with van der Waals surface area (Å²) in [5, 5.41) is 4.34. The van der Waals surface area contributed by atoms with Crippen molar-refractivity contribution in [3.63, 3.8) is 0 Å². The van der Waals surface area contributed by atoms with Crippen LogP contribution in [-0.4, -0.2) is 10.9 Å². The van der Waals surface area contributed by atoms with Gasteiger partial charge in [0, 0.05) is 15.6 Å². The third-order valence-corrected chi connectivity index (χ3v) is 5.25. The lowest BCUT2D eigenvalue weighted by Gasteiger charge is -2.01. The topological polar surface area (TPSA) is 75.1 Å². The van der Waals surface area contributed by atoms with Crippen molar-refractivity contribution in [2.45, 2.75) is 20.4 Å². The van der Waals surface area contributed by atoms with Gasteiger partial charge < -0.3 is 14.7 Å². The lowest BCUT2D eigenvalue weighted by molar-refractivity contribution is 0.0952. The lowest BCUT2D eigenvalue weighted by Crippen LogP contribution is -2.21. The molecule has 0 fully saturated rings. The summed E-state index contributed by atoms with van der Waals surface area (Å²) in [6, 6.07) is 11.2. The van der Waals surface area contributed by atoms with E-state index in [1.807, 2.05) is 44.2 Å². The van der Waals surface area contributed by atoms with E-state index in [1.165, 1.54) is 11.3 Å². The molecule has 1 aromatic carbocycles. The van der Waals surface area contributed by atoms with Crippen molar-refractivity contribution in [3.05, 3.63) is 68.7 Å². The van der Waals surface area contributed by atoms with Crippen molar-refractivity contribution >= 4 is 38.2 Å². The van der Waals surface area contributed by atoms with Crippen molar-refractivity contribution in [2.75, 3.05) is 0 Å². The molecule has 0 aliphatic heterocycles. The molecule has 6 heteroatoms. The highest BCUT2D eigenvalue weighted by Crippen LogP contribution is 2.30. The molecule has 0 bridgehead atoms. The maximum Gasteiger partial charge on any atom is 0.261 e. The average Bonchev–Trinajstić information content (AvgIpc) is 3.20. The Labute approximate surface area is 147 Å². The Hall–Kier alpha value is -2.86. The molecule has 4 rings (SSSR count). The van der Waals surface area contributed by atoms with E-state index in [4.69, 9.17) is 4.42 Å². The normalized spacial score (nSPS) is 11.3. The molecule has 0 saturated heterocycles. The highest BCUT2D eigenvalue weighted by Gasteiger charge is 2.15. The van der Waals surface area contributed by atoms with Crippen LogP contribution in [-0.2, 0) is 6.54 Å². The number of carbonyl (C=O) groups excluding carboxylic acids is 1. The second-order valence-electron chi connectivity index (χ2n) is 6.05. The van der Waals surface area contributed by atoms with Crippen LogP contribution in [0.1, 0.15) is 26.8 Å². The Morgan fingerprint density at radius 2 is 2.00 bits per heavy atom. The number of aromatic nitrogens is 1. The maximum atomic E-state index is 12.5. The van der Waals surface area contributed by atoms with Crippen molar-refractivity contribution < 1.29 is 9.21 Å². The Morgan fingerprint density at radius 3 is 2.76 bits per heavy atom. The van der Waals surface area contributed by atoms with Gasteiger partial charge in [-0.25, -0.2) is 0 Å². The first kappa shape index (κ1) is 15.7. The van der Waals surface area contributed by atoms with Gasteiger partial charge in [0.2, 0.25) is 0 Å². The Balaban J connectivity index is 1.71. The molecule has 0 atom stereocenters. The van der Waals surface area contributed by atoms with E-state index in [0.717, 1.165) is 26.9 Å². The standard InChI is InChI=1S/C19H16N2O3S/c1-10-3-6-15-13(7-10)17-14(18(22)21-15)8-16(25-17)19(23)20-9-12-5-4-11(2)24-12/h3-8H,9H2,1-2H3,(H,20,23)(H,21,22). The number of carbonyl (C=O) groups is 1. The first-order valence-corrected chi connectivity index (χ1v) is 8.72. The van der Waals surface area contributed by atoms with Gasteiger partial charge in [0.25, 0.3) is 11.5 Å². The second kappa shape index (κ2) is 5.89. The van der Waals surface area contributed by atoms with Crippen molar-refractivity contribution in [1.29, 1.82) is 0 Å². The molecule has 3 heterocycles. The van der Waals surface area contributed by atoms with E-state index in [0.29, 0.717) is 22.6 Å². The lowest BCUT2D eigenvalue weighted by atomic mass is 10.1. The molecule has 126 valence electrons. The summed E-state index contributed by atoms with van der Waals surface area (Å²) in [6.07, 6.45) is 0. The van der Waals surface area contributed by atoms with Crippen LogP contribution in [0.3, 0.4) is 0 Å². The van der Waals surface area contributed by atoms with Crippen LogP contribution in [0.4, 0.5) is 0 Å². The zero-order valence-electron chi connectivity index (χ0n) is 13.8. The maximum absolute atomic E-state index is 12.5. The number of hydrogen-bond acceptors (Lipinski definition) is 4. The molecular formula is C19H16N2O3S. The molecule has 0 unspecified atom stereocenters. The number of benzene rings is 1. The summed E-state index contributed by atoms with van der Waals surface area (Å²) in [4.78, 5) is 28.1. The number of H-pyrrole nitrogens is 1. The molecule has 3 aromatic heterocycles. The van der Waals surface area contributed by atoms with Gasteiger partial charge in [-0.1, -0.05) is 11.6 Å². The minimum Gasteiger partial charge on any atom is -0.465 e. The van der Waals surface area contributed by atoms with Crippen molar-refractivity contribution in [3.8, 4) is 0 Å². The SMILES string of the molecule is Cc1ccc2[nH]c(=O)c3cc(C(=O)NCc4ccc(C)o4)sc3c2c1. The van der Waals surface area contributed by atoms with Gasteiger partial charge in [0.05, 0.1) is 16.8 Å². The van der Waals surface area contributed by atoms with Gasteiger partial charge >= 0.3 is 0 Å². The third kappa shape index (κ3) is 2.85. The number of furan rings is 1. The number of pyridine rings is 1. The van der Waals surface area contributed by atoms with E-state index < -0.39 is 0 Å². The largest absolute Gasteiger partial charge is 0.465 e. The van der Waals surface area contributed by atoms with Crippen LogP contribution in [0.25, 0.3) is 21.0 Å². The van der Waals surface area contributed by atoms with Crippen molar-refractivity contribution in [2.24, 2.45) is 0 Å². The first-order chi connectivity index (χ1) is 12.0. The number of nitrogens with one attached hydrogen (secondary N) is 2. The number of hydrogen-bond donors (Lipinski definition) is 2. The minimum atomic E-state index is -0.213. The zero-order chi connectivity index (χ0) is 17.6. The molecule has 0 radical (unpaired) electrons. The van der Waals surface area contributed by atoms with Gasteiger partial charge in [0.15, 0.2) is 0 Å². The van der Waals surface area contributed by atoms with Crippen LogP contribution in [0.15, 0.2) is 45.6 Å². The number of thiophene rings is 1. The molecule has 5 nitrogen and oxygen atoms in total.